The zero-order chi connectivity index (χ0) is 11.4. The van der Waals surface area contributed by atoms with Gasteiger partial charge in [0.2, 0.25) is 0 Å². The first-order valence-electron chi connectivity index (χ1n) is 6.49. The third kappa shape index (κ3) is 10.0. The quantitative estimate of drug-likeness (QED) is 0.601. The van der Waals surface area contributed by atoms with Gasteiger partial charge in [0.25, 0.3) is 0 Å². The molecule has 86 valence electrons. The Labute approximate surface area is 112 Å². The van der Waals surface area contributed by atoms with Crippen LogP contribution in [0.3, 0.4) is 0 Å². The van der Waals surface area contributed by atoms with E-state index in [4.69, 9.17) is 0 Å². The molecule has 15 heavy (non-hydrogen) atoms. The SMILES string of the molecule is CC(C)[CH2][Al-]([CH3])([CH2]C(C)C)[CH2]C(C)C.[Li+]. The molecule has 0 saturated heterocycles. The maximum absolute atomic E-state index is 2.65. The average molecular weight is 220 g/mol. The van der Waals surface area contributed by atoms with Crippen molar-refractivity contribution in [3.05, 3.63) is 0 Å². The monoisotopic (exact) mass is 220 g/mol. The van der Waals surface area contributed by atoms with E-state index in [1.807, 2.05) is 0 Å². The van der Waals surface area contributed by atoms with Crippen LogP contribution in [0.2, 0.25) is 21.6 Å². The van der Waals surface area contributed by atoms with E-state index < -0.39 is 13.1 Å². The standard InChI is InChI=1S/3C4H9.CH3.Al.Li/c3*1-4(2)3;;;/h3*4H,1H2,2-3H3;1H3;;/q;;;;-1;+1. The van der Waals surface area contributed by atoms with Gasteiger partial charge in [-0.2, -0.15) is 15.8 Å². The van der Waals surface area contributed by atoms with Crippen molar-refractivity contribution in [2.24, 2.45) is 17.8 Å². The van der Waals surface area contributed by atoms with Crippen LogP contribution in [0.4, 0.5) is 0 Å². The van der Waals surface area contributed by atoms with Gasteiger partial charge in [0.15, 0.2) is 0 Å². The summed E-state index contributed by atoms with van der Waals surface area (Å²) in [5, 5.41) is 4.64. The van der Waals surface area contributed by atoms with Crippen LogP contribution in [-0.2, 0) is 0 Å². The van der Waals surface area contributed by atoms with Gasteiger partial charge in [-0.1, -0.05) is 59.3 Å². The van der Waals surface area contributed by atoms with Gasteiger partial charge in [0, 0.05) is 0 Å². The van der Waals surface area contributed by atoms with Crippen LogP contribution in [0, 0.1) is 17.8 Å². The Morgan fingerprint density at radius 1 is 0.667 bits per heavy atom. The molecule has 0 aromatic rings. The molecule has 0 aliphatic heterocycles. The molecule has 0 N–H and O–H groups in total. The van der Waals surface area contributed by atoms with Crippen LogP contribution in [0.5, 0.6) is 0 Å². The second-order valence-electron chi connectivity index (χ2n) is 6.98. The summed E-state index contributed by atoms with van der Waals surface area (Å²) in [4.78, 5) is 0. The smallest absolute Gasteiger partial charge is 0.203 e. The zero-order valence-corrected chi connectivity index (χ0v) is 13.6. The third-order valence-electron chi connectivity index (χ3n) is 3.12. The fourth-order valence-corrected chi connectivity index (χ4v) is 11.1. The van der Waals surface area contributed by atoms with Gasteiger partial charge in [-0.25, -0.2) is 5.79 Å². The summed E-state index contributed by atoms with van der Waals surface area (Å²) in [6.45, 7) is 14.3. The van der Waals surface area contributed by atoms with E-state index in [0.29, 0.717) is 0 Å². The summed E-state index contributed by atoms with van der Waals surface area (Å²) in [6, 6.07) is 0. The summed E-state index contributed by atoms with van der Waals surface area (Å²) in [6.07, 6.45) is 0. The Hall–Kier alpha value is 1.13. The van der Waals surface area contributed by atoms with Gasteiger partial charge in [0.1, 0.15) is 13.1 Å². The molecule has 0 fully saturated rings. The minimum atomic E-state index is -1.24. The van der Waals surface area contributed by atoms with Gasteiger partial charge in [-0.15, -0.1) is 0 Å². The molecule has 0 spiro atoms. The van der Waals surface area contributed by atoms with E-state index in [9.17, 15) is 0 Å². The summed E-state index contributed by atoms with van der Waals surface area (Å²) in [7, 11) is 0. The van der Waals surface area contributed by atoms with E-state index in [2.05, 4.69) is 47.3 Å². The molecule has 0 saturated carbocycles. The molecule has 2 heteroatoms. The molecular formula is C13H30AlLi. The van der Waals surface area contributed by atoms with Gasteiger partial charge in [0.05, 0.1) is 0 Å². The van der Waals surface area contributed by atoms with Crippen molar-refractivity contribution in [2.75, 3.05) is 0 Å². The number of rotatable bonds is 6. The van der Waals surface area contributed by atoms with Gasteiger partial charge in [-0.05, 0) is 0 Å². The van der Waals surface area contributed by atoms with E-state index in [-0.39, 0.29) is 18.9 Å². The molecule has 0 aromatic heterocycles. The van der Waals surface area contributed by atoms with Crippen LogP contribution in [0.1, 0.15) is 41.5 Å². The normalized spacial score (nSPS) is 12.4. The molecule has 0 heterocycles. The predicted octanol–water partition coefficient (Wildman–Crippen LogP) is 2.04. The molecule has 0 unspecified atom stereocenters. The van der Waals surface area contributed by atoms with Crippen molar-refractivity contribution in [3.63, 3.8) is 0 Å². The number of hydrogen-bond acceptors (Lipinski definition) is 0. The summed E-state index contributed by atoms with van der Waals surface area (Å²) in [5.74, 6) is 5.36. The molecule has 0 rings (SSSR count). The van der Waals surface area contributed by atoms with Crippen LogP contribution >= 0.6 is 0 Å². The zero-order valence-electron chi connectivity index (χ0n) is 12.4. The minimum absolute atomic E-state index is 0. The fraction of sp³-hybridized carbons (Fsp3) is 1.00. The number of hydrogen-bond donors (Lipinski definition) is 0. The largest absolute Gasteiger partial charge is 1.00 e. The molecule has 0 aliphatic carbocycles. The topological polar surface area (TPSA) is 0 Å². The maximum Gasteiger partial charge on any atom is 1.00 e. The molecule has 0 radical (unpaired) electrons. The first kappa shape index (κ1) is 18.5. The minimum Gasteiger partial charge on any atom is -0.203 e. The van der Waals surface area contributed by atoms with Crippen molar-refractivity contribution < 1.29 is 18.9 Å². The Morgan fingerprint density at radius 2 is 0.867 bits per heavy atom. The average Bonchev–Trinajstić information content (AvgIpc) is 1.76. The molecular weight excluding hydrogens is 190 g/mol. The molecule has 0 amide bonds. The van der Waals surface area contributed by atoms with Crippen molar-refractivity contribution in [3.8, 4) is 0 Å². The van der Waals surface area contributed by atoms with Crippen molar-refractivity contribution in [1.29, 1.82) is 0 Å². The molecule has 0 nitrogen and oxygen atoms in total. The Balaban J connectivity index is 0. The summed E-state index contributed by atoms with van der Waals surface area (Å²) < 4.78 is 0. The molecule has 0 bridgehead atoms. The third-order valence-corrected chi connectivity index (χ3v) is 9.36. The van der Waals surface area contributed by atoms with Gasteiger partial charge in [-0.3, -0.25) is 0 Å². The van der Waals surface area contributed by atoms with E-state index >= 15 is 0 Å². The van der Waals surface area contributed by atoms with Gasteiger partial charge >= 0.3 is 18.9 Å². The van der Waals surface area contributed by atoms with Gasteiger partial charge < -0.3 is 0 Å². The fourth-order valence-electron chi connectivity index (χ4n) is 3.70. The maximum atomic E-state index is 2.65. The van der Waals surface area contributed by atoms with Crippen LogP contribution in [0.25, 0.3) is 0 Å². The first-order valence-corrected chi connectivity index (χ1v) is 10.1. The van der Waals surface area contributed by atoms with Crippen molar-refractivity contribution in [2.45, 2.75) is 63.2 Å². The second kappa shape index (κ2) is 8.25. The van der Waals surface area contributed by atoms with Crippen molar-refractivity contribution in [1.82, 2.24) is 0 Å². The molecule has 0 aliphatic rings. The first-order chi connectivity index (χ1) is 6.25. The Morgan fingerprint density at radius 3 is 1.00 bits per heavy atom. The van der Waals surface area contributed by atoms with Crippen LogP contribution in [0.15, 0.2) is 0 Å². The summed E-state index contributed by atoms with van der Waals surface area (Å²) >= 11 is -1.24. The van der Waals surface area contributed by atoms with Crippen LogP contribution < -0.4 is 18.9 Å². The Kier molecular flexibility index (Phi) is 10.2. The van der Waals surface area contributed by atoms with E-state index in [0.717, 1.165) is 17.8 Å². The van der Waals surface area contributed by atoms with Crippen LogP contribution in [-0.4, -0.2) is 13.1 Å². The molecule has 0 atom stereocenters. The van der Waals surface area contributed by atoms with E-state index in [1.165, 1.54) is 0 Å². The van der Waals surface area contributed by atoms with Crippen molar-refractivity contribution >= 4 is 13.1 Å². The van der Waals surface area contributed by atoms with E-state index in [1.54, 1.807) is 15.8 Å². The summed E-state index contributed by atoms with van der Waals surface area (Å²) in [5.41, 5.74) is 0. The second-order valence-corrected chi connectivity index (χ2v) is 12.6. The molecule has 0 aromatic carbocycles. The predicted molar refractivity (Wildman–Crippen MR) is 70.6 cm³/mol. The Bertz CT molecular complexity index is 126.